The number of imidazole rings is 1. The van der Waals surface area contributed by atoms with Crippen LogP contribution in [0.1, 0.15) is 24.4 Å². The van der Waals surface area contributed by atoms with Crippen molar-refractivity contribution in [2.45, 2.75) is 31.6 Å². The fraction of sp³-hybridized carbons (Fsp3) is 0.200. The molecule has 7 rings (SSSR count). The topological polar surface area (TPSA) is 104 Å². The molecule has 4 aromatic carbocycles. The first-order valence-electron chi connectivity index (χ1n) is 14.8. The number of nitrogens with zero attached hydrogens (tertiary/aromatic N) is 4. The molecule has 0 atom stereocenters. The summed E-state index contributed by atoms with van der Waals surface area (Å²) in [5.41, 5.74) is 8.91. The highest BCUT2D eigenvalue weighted by atomic mass is 19.4. The molecule has 11 heteroatoms. The number of aliphatic carboxylic acids is 1. The Hall–Kier alpha value is -5.29. The summed E-state index contributed by atoms with van der Waals surface area (Å²) >= 11 is 0. The average molecular weight is 626 g/mol. The Morgan fingerprint density at radius 3 is 1.89 bits per heavy atom. The number of fused-ring (bicyclic) bond motifs is 2. The van der Waals surface area contributed by atoms with Gasteiger partial charge in [-0.15, -0.1) is 0 Å². The molecule has 0 spiro atoms. The summed E-state index contributed by atoms with van der Waals surface area (Å²) in [6.45, 7) is 2.82. The lowest BCUT2D eigenvalue weighted by Gasteiger charge is -2.32. The van der Waals surface area contributed by atoms with E-state index in [2.05, 4.69) is 46.3 Å². The standard InChI is InChI=1S/C33H29N5O.C2HF3O2/c39-33-36-29-12-6-7-13-30(29)38(33)26-18-20-37(21-19-26)22-23-14-16-25(17-15-23)32-31(24-8-2-1-3-9-24)34-27-10-4-5-11-28(27)35-32;3-2(4,5)1(6)7/h1-17,26H,18-22H2,(H,36,39);(H,6,7). The van der Waals surface area contributed by atoms with E-state index in [4.69, 9.17) is 19.9 Å². The van der Waals surface area contributed by atoms with E-state index < -0.39 is 12.1 Å². The molecule has 1 aliphatic heterocycles. The van der Waals surface area contributed by atoms with E-state index in [1.54, 1.807) is 0 Å². The third kappa shape index (κ3) is 6.69. The largest absolute Gasteiger partial charge is 0.490 e. The van der Waals surface area contributed by atoms with Crippen LogP contribution in [0.4, 0.5) is 13.2 Å². The predicted octanol–water partition coefficient (Wildman–Crippen LogP) is 7.08. The van der Waals surface area contributed by atoms with Crippen LogP contribution >= 0.6 is 0 Å². The number of nitrogens with one attached hydrogen (secondary N) is 1. The highest BCUT2D eigenvalue weighted by Gasteiger charge is 2.38. The van der Waals surface area contributed by atoms with Gasteiger partial charge >= 0.3 is 17.8 Å². The number of rotatable bonds is 5. The van der Waals surface area contributed by atoms with E-state index >= 15 is 0 Å². The zero-order chi connectivity index (χ0) is 32.3. The summed E-state index contributed by atoms with van der Waals surface area (Å²) in [4.78, 5) is 37.0. The zero-order valence-electron chi connectivity index (χ0n) is 24.6. The lowest BCUT2D eigenvalue weighted by molar-refractivity contribution is -0.192. The van der Waals surface area contributed by atoms with Crippen molar-refractivity contribution in [2.24, 2.45) is 0 Å². The van der Waals surface area contributed by atoms with Crippen LogP contribution in [0, 0.1) is 0 Å². The van der Waals surface area contributed by atoms with Crippen LogP contribution in [-0.4, -0.2) is 54.8 Å². The van der Waals surface area contributed by atoms with Crippen molar-refractivity contribution in [3.63, 3.8) is 0 Å². The fourth-order valence-corrected chi connectivity index (χ4v) is 5.80. The maximum absolute atomic E-state index is 12.6. The number of aromatic amines is 1. The highest BCUT2D eigenvalue weighted by molar-refractivity contribution is 5.86. The molecule has 234 valence electrons. The van der Waals surface area contributed by atoms with Crippen molar-refractivity contribution >= 4 is 28.0 Å². The fourth-order valence-electron chi connectivity index (χ4n) is 5.80. The number of H-pyrrole nitrogens is 1. The maximum Gasteiger partial charge on any atom is 0.490 e. The van der Waals surface area contributed by atoms with Crippen LogP contribution in [-0.2, 0) is 11.3 Å². The van der Waals surface area contributed by atoms with E-state index in [1.807, 2.05) is 71.3 Å². The van der Waals surface area contributed by atoms with Crippen LogP contribution in [0.5, 0.6) is 0 Å². The van der Waals surface area contributed by atoms with Gasteiger partial charge in [-0.05, 0) is 42.7 Å². The molecule has 46 heavy (non-hydrogen) atoms. The van der Waals surface area contributed by atoms with Crippen molar-refractivity contribution in [1.82, 2.24) is 24.4 Å². The smallest absolute Gasteiger partial charge is 0.475 e. The number of carboxylic acid groups (broad SMARTS) is 1. The number of benzene rings is 4. The minimum absolute atomic E-state index is 0.00287. The van der Waals surface area contributed by atoms with Crippen LogP contribution in [0.15, 0.2) is 108 Å². The number of piperidine rings is 1. The third-order valence-electron chi connectivity index (χ3n) is 8.04. The molecule has 0 radical (unpaired) electrons. The monoisotopic (exact) mass is 625 g/mol. The molecule has 8 nitrogen and oxygen atoms in total. The average Bonchev–Trinajstić information content (AvgIpc) is 3.41. The number of aromatic nitrogens is 4. The molecule has 2 N–H and O–H groups in total. The second kappa shape index (κ2) is 13.0. The number of hydrogen-bond donors (Lipinski definition) is 2. The van der Waals surface area contributed by atoms with Crippen LogP contribution in [0.2, 0.25) is 0 Å². The number of halogens is 3. The Kier molecular flexibility index (Phi) is 8.67. The molecule has 0 saturated carbocycles. The Labute approximate surface area is 261 Å². The Bertz CT molecular complexity index is 2030. The number of para-hydroxylation sites is 4. The van der Waals surface area contributed by atoms with Crippen molar-refractivity contribution in [3.8, 4) is 22.5 Å². The van der Waals surface area contributed by atoms with Gasteiger partial charge < -0.3 is 10.1 Å². The molecular weight excluding hydrogens is 595 g/mol. The minimum atomic E-state index is -5.08. The van der Waals surface area contributed by atoms with E-state index in [0.29, 0.717) is 0 Å². The Morgan fingerprint density at radius 1 is 0.783 bits per heavy atom. The number of carboxylic acids is 1. The molecule has 3 heterocycles. The first kappa shape index (κ1) is 30.7. The summed E-state index contributed by atoms with van der Waals surface area (Å²) in [6, 6.07) is 35.2. The number of alkyl halides is 3. The Balaban J connectivity index is 0.000000480. The normalized spacial score (nSPS) is 14.2. The van der Waals surface area contributed by atoms with Crippen LogP contribution < -0.4 is 5.69 Å². The van der Waals surface area contributed by atoms with Gasteiger partial charge in [0.2, 0.25) is 0 Å². The predicted molar refractivity (Wildman–Crippen MR) is 170 cm³/mol. The van der Waals surface area contributed by atoms with Crippen molar-refractivity contribution in [2.75, 3.05) is 13.1 Å². The van der Waals surface area contributed by atoms with Crippen molar-refractivity contribution in [3.05, 3.63) is 119 Å². The Morgan fingerprint density at radius 2 is 1.30 bits per heavy atom. The van der Waals surface area contributed by atoms with Gasteiger partial charge in [0.05, 0.1) is 33.5 Å². The highest BCUT2D eigenvalue weighted by Crippen LogP contribution is 2.32. The molecule has 0 amide bonds. The van der Waals surface area contributed by atoms with E-state index in [0.717, 1.165) is 77.1 Å². The molecule has 6 aromatic rings. The van der Waals surface area contributed by atoms with Gasteiger partial charge in [0.1, 0.15) is 0 Å². The molecule has 1 fully saturated rings. The van der Waals surface area contributed by atoms with E-state index in [-0.39, 0.29) is 11.7 Å². The zero-order valence-corrected chi connectivity index (χ0v) is 24.6. The van der Waals surface area contributed by atoms with Gasteiger partial charge in [0.25, 0.3) is 0 Å². The second-order valence-electron chi connectivity index (χ2n) is 11.1. The van der Waals surface area contributed by atoms with Gasteiger partial charge in [-0.2, -0.15) is 13.2 Å². The third-order valence-corrected chi connectivity index (χ3v) is 8.04. The SMILES string of the molecule is O=C(O)C(F)(F)F.O=c1[nH]c2ccccc2n1C1CCN(Cc2ccc(-c3nc4ccccc4nc3-c3ccccc3)cc2)CC1. The molecule has 2 aromatic heterocycles. The summed E-state index contributed by atoms with van der Waals surface area (Å²) in [5.74, 6) is -2.76. The van der Waals surface area contributed by atoms with Crippen LogP contribution in [0.3, 0.4) is 0 Å². The molecule has 1 aliphatic rings. The summed E-state index contributed by atoms with van der Waals surface area (Å²) < 4.78 is 33.7. The van der Waals surface area contributed by atoms with Crippen molar-refractivity contribution < 1.29 is 23.1 Å². The first-order chi connectivity index (χ1) is 22.2. The number of hydrogen-bond acceptors (Lipinski definition) is 5. The summed E-state index contributed by atoms with van der Waals surface area (Å²) in [7, 11) is 0. The number of likely N-dealkylation sites (tertiary alicyclic amines) is 1. The molecule has 0 aliphatic carbocycles. The van der Waals surface area contributed by atoms with Gasteiger partial charge in [0, 0.05) is 36.8 Å². The van der Waals surface area contributed by atoms with Gasteiger partial charge in [0.15, 0.2) is 0 Å². The molecule has 0 bridgehead atoms. The lowest BCUT2D eigenvalue weighted by atomic mass is 10.0. The first-order valence-corrected chi connectivity index (χ1v) is 14.8. The van der Waals surface area contributed by atoms with Gasteiger partial charge in [-0.3, -0.25) is 9.47 Å². The lowest BCUT2D eigenvalue weighted by Crippen LogP contribution is -2.36. The van der Waals surface area contributed by atoms with Crippen LogP contribution in [0.25, 0.3) is 44.6 Å². The summed E-state index contributed by atoms with van der Waals surface area (Å²) in [6.07, 6.45) is -3.15. The summed E-state index contributed by atoms with van der Waals surface area (Å²) in [5, 5.41) is 7.12. The molecule has 1 saturated heterocycles. The van der Waals surface area contributed by atoms with Gasteiger partial charge in [-0.25, -0.2) is 19.6 Å². The van der Waals surface area contributed by atoms with E-state index in [1.165, 1.54) is 5.56 Å². The van der Waals surface area contributed by atoms with Gasteiger partial charge in [-0.1, -0.05) is 78.9 Å². The van der Waals surface area contributed by atoms with E-state index in [9.17, 15) is 18.0 Å². The van der Waals surface area contributed by atoms with Crippen molar-refractivity contribution in [1.29, 1.82) is 0 Å². The number of carbonyl (C=O) groups is 1. The quantitative estimate of drug-likeness (QED) is 0.212. The minimum Gasteiger partial charge on any atom is -0.475 e. The molecular formula is C35H30F3N5O3. The maximum atomic E-state index is 12.6. The molecule has 0 unspecified atom stereocenters. The second-order valence-corrected chi connectivity index (χ2v) is 11.1.